The highest BCUT2D eigenvalue weighted by Crippen LogP contribution is 2.32. The number of amides is 1. The first-order valence-corrected chi connectivity index (χ1v) is 11.0. The molecule has 31 heavy (non-hydrogen) atoms. The first-order chi connectivity index (χ1) is 14.0. The minimum absolute atomic E-state index is 0.159. The number of sulfonamides is 2. The van der Waals surface area contributed by atoms with Gasteiger partial charge in [-0.25, -0.2) is 26.4 Å². The predicted octanol–water partition coefficient (Wildman–Crippen LogP) is 1.53. The molecule has 15 heteroatoms. The van der Waals surface area contributed by atoms with E-state index in [-0.39, 0.29) is 6.92 Å². The Kier molecular flexibility index (Phi) is 6.38. The normalized spacial score (nSPS) is 14.5. The number of hydrogen-bond donors (Lipinski definition) is 4. The summed E-state index contributed by atoms with van der Waals surface area (Å²) < 4.78 is 102. The average Bonchev–Trinajstić information content (AvgIpc) is 2.61. The molecule has 2 rings (SSSR count). The summed E-state index contributed by atoms with van der Waals surface area (Å²) in [5.41, 5.74) is -5.09. The Hall–Kier alpha value is -2.75. The number of halogens is 4. The molecule has 0 bridgehead atoms. The standard InChI is InChI=1S/C16H15F4N3O6S2/c1-15(25,16(18,19)20)14(24)22-11-7-6-9(8-10(11)17)31(28,29)23-12-4-2-3-5-13(12)30(21,26)27/h2-8,23,25H,1H3,(H,22,24)(H2,21,26,27)/t15-/m1/s1. The molecule has 0 aliphatic heterocycles. The fraction of sp³-hybridized carbons (Fsp3) is 0.188. The Balaban J connectivity index is 2.34. The van der Waals surface area contributed by atoms with E-state index in [0.717, 1.165) is 18.2 Å². The average molecular weight is 485 g/mol. The molecule has 0 fully saturated rings. The van der Waals surface area contributed by atoms with Gasteiger partial charge in [-0.05, 0) is 37.3 Å². The van der Waals surface area contributed by atoms with E-state index in [4.69, 9.17) is 5.14 Å². The number of hydrogen-bond acceptors (Lipinski definition) is 6. The molecule has 2 aromatic rings. The lowest BCUT2D eigenvalue weighted by atomic mass is 10.1. The van der Waals surface area contributed by atoms with Gasteiger partial charge in [0.25, 0.3) is 15.9 Å². The first-order valence-electron chi connectivity index (χ1n) is 8.01. The van der Waals surface area contributed by atoms with Crippen molar-refractivity contribution >= 4 is 37.3 Å². The summed E-state index contributed by atoms with van der Waals surface area (Å²) in [6.07, 6.45) is -5.35. The summed E-state index contributed by atoms with van der Waals surface area (Å²) in [7, 11) is -8.87. The van der Waals surface area contributed by atoms with Crippen molar-refractivity contribution in [2.75, 3.05) is 10.0 Å². The highest BCUT2D eigenvalue weighted by Gasteiger charge is 2.55. The first kappa shape index (κ1) is 24.5. The van der Waals surface area contributed by atoms with E-state index in [1.54, 1.807) is 0 Å². The minimum Gasteiger partial charge on any atom is -0.373 e. The molecule has 0 unspecified atom stereocenters. The molecule has 2 aromatic carbocycles. The van der Waals surface area contributed by atoms with Crippen molar-refractivity contribution in [3.63, 3.8) is 0 Å². The number of carbonyl (C=O) groups is 1. The smallest absolute Gasteiger partial charge is 0.373 e. The molecule has 1 atom stereocenters. The zero-order chi connectivity index (χ0) is 23.8. The maximum atomic E-state index is 14.2. The zero-order valence-electron chi connectivity index (χ0n) is 15.4. The van der Waals surface area contributed by atoms with Gasteiger partial charge in [0.05, 0.1) is 16.3 Å². The van der Waals surface area contributed by atoms with Crippen LogP contribution < -0.4 is 15.2 Å². The molecule has 0 spiro atoms. The van der Waals surface area contributed by atoms with Gasteiger partial charge in [0.15, 0.2) is 0 Å². The number of aliphatic hydroxyl groups is 1. The number of primary sulfonamides is 1. The van der Waals surface area contributed by atoms with Crippen molar-refractivity contribution in [1.82, 2.24) is 0 Å². The molecule has 1 amide bonds. The molecule has 9 nitrogen and oxygen atoms in total. The number of alkyl halides is 3. The van der Waals surface area contributed by atoms with Gasteiger partial charge < -0.3 is 10.4 Å². The second-order valence-corrected chi connectivity index (χ2v) is 9.52. The third-order valence-electron chi connectivity index (χ3n) is 3.93. The molecule has 0 saturated carbocycles. The molecule has 170 valence electrons. The molecule has 0 aliphatic carbocycles. The van der Waals surface area contributed by atoms with Gasteiger partial charge in [-0.15, -0.1) is 0 Å². The van der Waals surface area contributed by atoms with Gasteiger partial charge in [-0.2, -0.15) is 13.2 Å². The van der Waals surface area contributed by atoms with Gasteiger partial charge >= 0.3 is 6.18 Å². The molecular formula is C16H15F4N3O6S2. The summed E-state index contributed by atoms with van der Waals surface area (Å²) in [4.78, 5) is 10.3. The Morgan fingerprint density at radius 1 is 1.03 bits per heavy atom. The van der Waals surface area contributed by atoms with Crippen LogP contribution in [0.1, 0.15) is 6.92 Å². The van der Waals surface area contributed by atoms with Gasteiger partial charge in [0.1, 0.15) is 10.7 Å². The van der Waals surface area contributed by atoms with Crippen molar-refractivity contribution in [2.45, 2.75) is 28.5 Å². The summed E-state index contributed by atoms with van der Waals surface area (Å²) >= 11 is 0. The van der Waals surface area contributed by atoms with Crippen molar-refractivity contribution < 1.29 is 44.3 Å². The Morgan fingerprint density at radius 3 is 2.13 bits per heavy atom. The van der Waals surface area contributed by atoms with Gasteiger partial charge in [0.2, 0.25) is 15.6 Å². The molecule has 0 radical (unpaired) electrons. The summed E-state index contributed by atoms with van der Waals surface area (Å²) in [6, 6.07) is 6.46. The Bertz CT molecular complexity index is 1230. The van der Waals surface area contributed by atoms with Crippen LogP contribution in [0.15, 0.2) is 52.3 Å². The number of para-hydroxylation sites is 1. The number of rotatable bonds is 6. The van der Waals surface area contributed by atoms with E-state index in [1.807, 2.05) is 4.72 Å². The van der Waals surface area contributed by atoms with Crippen LogP contribution >= 0.6 is 0 Å². The Morgan fingerprint density at radius 2 is 1.61 bits per heavy atom. The molecule has 5 N–H and O–H groups in total. The monoisotopic (exact) mass is 485 g/mol. The minimum atomic E-state index is -5.35. The van der Waals surface area contributed by atoms with Crippen molar-refractivity contribution in [3.8, 4) is 0 Å². The lowest BCUT2D eigenvalue weighted by Gasteiger charge is -2.25. The third-order valence-corrected chi connectivity index (χ3v) is 6.26. The van der Waals surface area contributed by atoms with Crippen molar-refractivity contribution in [3.05, 3.63) is 48.3 Å². The second kappa shape index (κ2) is 8.07. The largest absolute Gasteiger partial charge is 0.426 e. The number of nitrogens with two attached hydrogens (primary N) is 1. The maximum absolute atomic E-state index is 14.2. The van der Waals surface area contributed by atoms with Crippen LogP contribution in [-0.4, -0.2) is 39.6 Å². The topological polar surface area (TPSA) is 156 Å². The molecule has 0 saturated heterocycles. The SMILES string of the molecule is C[C@@](O)(C(=O)Nc1ccc(S(=O)(=O)Nc2ccccc2S(N)(=O)=O)cc1F)C(F)(F)F. The zero-order valence-corrected chi connectivity index (χ0v) is 17.1. The lowest BCUT2D eigenvalue weighted by Crippen LogP contribution is -2.52. The van der Waals surface area contributed by atoms with Crippen LogP contribution in [0, 0.1) is 5.82 Å². The van der Waals surface area contributed by atoms with Crippen LogP contribution in [0.4, 0.5) is 28.9 Å². The second-order valence-electron chi connectivity index (χ2n) is 6.31. The summed E-state index contributed by atoms with van der Waals surface area (Å²) in [5, 5.41) is 15.8. The quantitative estimate of drug-likeness (QED) is 0.455. The maximum Gasteiger partial charge on any atom is 0.426 e. The van der Waals surface area contributed by atoms with Crippen molar-refractivity contribution in [2.24, 2.45) is 5.14 Å². The fourth-order valence-corrected chi connectivity index (χ4v) is 3.99. The van der Waals surface area contributed by atoms with E-state index in [2.05, 4.69) is 0 Å². The van der Waals surface area contributed by atoms with E-state index in [9.17, 15) is 44.3 Å². The van der Waals surface area contributed by atoms with Gasteiger partial charge in [-0.3, -0.25) is 9.52 Å². The van der Waals surface area contributed by atoms with Crippen LogP contribution in [0.3, 0.4) is 0 Å². The fourth-order valence-electron chi connectivity index (χ4n) is 2.14. The van der Waals surface area contributed by atoms with Gasteiger partial charge in [0, 0.05) is 0 Å². The number of benzene rings is 2. The van der Waals surface area contributed by atoms with Crippen LogP contribution in [0.2, 0.25) is 0 Å². The Labute approximate surface area is 174 Å². The molecular weight excluding hydrogens is 470 g/mol. The molecule has 0 aromatic heterocycles. The third kappa shape index (κ3) is 5.30. The van der Waals surface area contributed by atoms with E-state index < -0.39 is 64.7 Å². The summed E-state index contributed by atoms with van der Waals surface area (Å²) in [6.45, 7) is 0.159. The number of nitrogens with one attached hydrogen (secondary N) is 2. The number of anilines is 2. The molecule has 0 aliphatic rings. The highest BCUT2D eigenvalue weighted by atomic mass is 32.2. The number of carbonyl (C=O) groups excluding carboxylic acids is 1. The lowest BCUT2D eigenvalue weighted by molar-refractivity contribution is -0.242. The van der Waals surface area contributed by atoms with Crippen molar-refractivity contribution in [1.29, 1.82) is 0 Å². The van der Waals surface area contributed by atoms with E-state index in [0.29, 0.717) is 12.1 Å². The van der Waals surface area contributed by atoms with Crippen LogP contribution in [0.5, 0.6) is 0 Å². The van der Waals surface area contributed by atoms with E-state index >= 15 is 0 Å². The van der Waals surface area contributed by atoms with Gasteiger partial charge in [-0.1, -0.05) is 12.1 Å². The molecule has 0 heterocycles. The predicted molar refractivity (Wildman–Crippen MR) is 100 cm³/mol. The van der Waals surface area contributed by atoms with E-state index in [1.165, 1.54) is 17.4 Å². The highest BCUT2D eigenvalue weighted by molar-refractivity contribution is 7.93. The van der Waals surface area contributed by atoms with Crippen LogP contribution in [0.25, 0.3) is 0 Å². The van der Waals surface area contributed by atoms with Crippen LogP contribution in [-0.2, 0) is 24.8 Å². The summed E-state index contributed by atoms with van der Waals surface area (Å²) in [5.74, 6) is -3.43.